The molecule has 4 heteroatoms. The Labute approximate surface area is 127 Å². The normalized spacial score (nSPS) is 10.3. The number of anilines is 1. The molecule has 0 atom stereocenters. The molecule has 0 saturated heterocycles. The molecule has 2 aromatic rings. The molecular formula is C16H17BrN2O. The highest BCUT2D eigenvalue weighted by molar-refractivity contribution is 9.10. The molecule has 104 valence electrons. The van der Waals surface area contributed by atoms with Crippen LogP contribution in [0.15, 0.2) is 46.9 Å². The van der Waals surface area contributed by atoms with Crippen LogP contribution in [0, 0.1) is 0 Å². The maximum absolute atomic E-state index is 12.1. The first-order chi connectivity index (χ1) is 9.60. The van der Waals surface area contributed by atoms with Gasteiger partial charge in [-0.15, -0.1) is 0 Å². The van der Waals surface area contributed by atoms with Gasteiger partial charge < -0.3 is 11.1 Å². The van der Waals surface area contributed by atoms with Crippen molar-refractivity contribution in [3.63, 3.8) is 0 Å². The molecule has 2 aromatic carbocycles. The topological polar surface area (TPSA) is 55.1 Å². The molecular weight excluding hydrogens is 316 g/mol. The Morgan fingerprint density at radius 3 is 2.45 bits per heavy atom. The summed E-state index contributed by atoms with van der Waals surface area (Å²) < 4.78 is 0.741. The molecule has 0 radical (unpaired) electrons. The molecule has 3 nitrogen and oxygen atoms in total. The molecule has 20 heavy (non-hydrogen) atoms. The number of carbonyl (C=O) groups excluding carboxylic acids is 1. The van der Waals surface area contributed by atoms with Crippen molar-refractivity contribution in [1.29, 1.82) is 0 Å². The minimum absolute atomic E-state index is 0.135. The number of rotatable bonds is 4. The highest BCUT2D eigenvalue weighted by Gasteiger charge is 2.09. The monoisotopic (exact) mass is 332 g/mol. The number of hydrogen-bond donors (Lipinski definition) is 2. The van der Waals surface area contributed by atoms with Crippen LogP contribution < -0.4 is 11.1 Å². The third-order valence-electron chi connectivity index (χ3n) is 3.12. The van der Waals surface area contributed by atoms with Gasteiger partial charge in [0.05, 0.1) is 5.56 Å². The Balaban J connectivity index is 2.02. The van der Waals surface area contributed by atoms with Crippen LogP contribution in [0.4, 0.5) is 5.69 Å². The van der Waals surface area contributed by atoms with Crippen molar-refractivity contribution in [3.8, 4) is 0 Å². The predicted octanol–water partition coefficient (Wildman–Crippen LogP) is 3.52. The van der Waals surface area contributed by atoms with Gasteiger partial charge in [0.25, 0.3) is 5.91 Å². The van der Waals surface area contributed by atoms with Gasteiger partial charge in [0.1, 0.15) is 0 Å². The van der Waals surface area contributed by atoms with E-state index in [-0.39, 0.29) is 5.91 Å². The summed E-state index contributed by atoms with van der Waals surface area (Å²) in [6, 6.07) is 13.4. The summed E-state index contributed by atoms with van der Waals surface area (Å²) in [5, 5.41) is 2.90. The van der Waals surface area contributed by atoms with Gasteiger partial charge in [-0.25, -0.2) is 0 Å². The summed E-state index contributed by atoms with van der Waals surface area (Å²) in [7, 11) is 0. The Morgan fingerprint density at radius 1 is 1.15 bits per heavy atom. The fraction of sp³-hybridized carbons (Fsp3) is 0.188. The van der Waals surface area contributed by atoms with Crippen molar-refractivity contribution in [3.05, 3.63) is 63.6 Å². The van der Waals surface area contributed by atoms with E-state index in [0.717, 1.165) is 16.5 Å². The SMILES string of the molecule is CCc1ccc(CNC(=O)c2cc(N)ccc2Br)cc1. The Morgan fingerprint density at radius 2 is 1.80 bits per heavy atom. The summed E-state index contributed by atoms with van der Waals surface area (Å²) in [5.74, 6) is -0.135. The van der Waals surface area contributed by atoms with Gasteiger partial charge >= 0.3 is 0 Å². The lowest BCUT2D eigenvalue weighted by Gasteiger charge is -2.08. The number of carbonyl (C=O) groups is 1. The summed E-state index contributed by atoms with van der Waals surface area (Å²) in [6.07, 6.45) is 1.02. The lowest BCUT2D eigenvalue weighted by Crippen LogP contribution is -2.23. The van der Waals surface area contributed by atoms with Gasteiger partial charge in [0.2, 0.25) is 0 Å². The average Bonchev–Trinajstić information content (AvgIpc) is 2.47. The second-order valence-electron chi connectivity index (χ2n) is 4.59. The Kier molecular flexibility index (Phi) is 4.79. The van der Waals surface area contributed by atoms with Crippen molar-refractivity contribution in [2.45, 2.75) is 19.9 Å². The van der Waals surface area contributed by atoms with E-state index in [1.54, 1.807) is 18.2 Å². The van der Waals surface area contributed by atoms with Crippen molar-refractivity contribution in [1.82, 2.24) is 5.32 Å². The fourth-order valence-electron chi connectivity index (χ4n) is 1.89. The van der Waals surface area contributed by atoms with Gasteiger partial charge in [-0.05, 0) is 51.7 Å². The maximum atomic E-state index is 12.1. The number of nitrogens with two attached hydrogens (primary N) is 1. The van der Waals surface area contributed by atoms with E-state index in [2.05, 4.69) is 40.3 Å². The molecule has 0 fully saturated rings. The quantitative estimate of drug-likeness (QED) is 0.841. The lowest BCUT2D eigenvalue weighted by molar-refractivity contribution is 0.0950. The van der Waals surface area contributed by atoms with E-state index in [9.17, 15) is 4.79 Å². The maximum Gasteiger partial charge on any atom is 0.252 e. The van der Waals surface area contributed by atoms with Crippen LogP contribution in [0.5, 0.6) is 0 Å². The summed E-state index contributed by atoms with van der Waals surface area (Å²) in [6.45, 7) is 2.62. The standard InChI is InChI=1S/C16H17BrN2O/c1-2-11-3-5-12(6-4-11)10-19-16(20)14-9-13(18)7-8-15(14)17/h3-9H,2,10,18H2,1H3,(H,19,20). The zero-order valence-corrected chi connectivity index (χ0v) is 12.9. The third-order valence-corrected chi connectivity index (χ3v) is 3.81. The van der Waals surface area contributed by atoms with Crippen LogP contribution in [0.3, 0.4) is 0 Å². The van der Waals surface area contributed by atoms with Gasteiger partial charge in [-0.3, -0.25) is 4.79 Å². The van der Waals surface area contributed by atoms with Gasteiger partial charge in [0, 0.05) is 16.7 Å². The first-order valence-corrected chi connectivity index (χ1v) is 7.30. The van der Waals surface area contributed by atoms with E-state index in [0.29, 0.717) is 17.8 Å². The smallest absolute Gasteiger partial charge is 0.252 e. The van der Waals surface area contributed by atoms with Crippen LogP contribution in [-0.2, 0) is 13.0 Å². The number of aryl methyl sites for hydroxylation is 1. The van der Waals surface area contributed by atoms with Crippen LogP contribution in [0.1, 0.15) is 28.4 Å². The minimum atomic E-state index is -0.135. The minimum Gasteiger partial charge on any atom is -0.399 e. The predicted molar refractivity (Wildman–Crippen MR) is 85.5 cm³/mol. The summed E-state index contributed by atoms with van der Waals surface area (Å²) >= 11 is 3.36. The van der Waals surface area contributed by atoms with Gasteiger partial charge in [0.15, 0.2) is 0 Å². The second kappa shape index (κ2) is 6.57. The zero-order chi connectivity index (χ0) is 14.5. The first-order valence-electron chi connectivity index (χ1n) is 6.51. The summed E-state index contributed by atoms with van der Waals surface area (Å²) in [4.78, 5) is 12.1. The summed E-state index contributed by atoms with van der Waals surface area (Å²) in [5.41, 5.74) is 9.20. The molecule has 0 aromatic heterocycles. The van der Waals surface area contributed by atoms with Gasteiger partial charge in [-0.2, -0.15) is 0 Å². The first kappa shape index (κ1) is 14.6. The molecule has 3 N–H and O–H groups in total. The highest BCUT2D eigenvalue weighted by atomic mass is 79.9. The van der Waals surface area contributed by atoms with Crippen molar-refractivity contribution in [2.24, 2.45) is 0 Å². The fourth-order valence-corrected chi connectivity index (χ4v) is 2.31. The van der Waals surface area contributed by atoms with Crippen molar-refractivity contribution in [2.75, 3.05) is 5.73 Å². The van der Waals surface area contributed by atoms with Crippen LogP contribution in [-0.4, -0.2) is 5.91 Å². The molecule has 0 heterocycles. The third kappa shape index (κ3) is 3.61. The molecule has 0 unspecified atom stereocenters. The molecule has 1 amide bonds. The van der Waals surface area contributed by atoms with Crippen LogP contribution in [0.2, 0.25) is 0 Å². The molecule has 0 aliphatic carbocycles. The van der Waals surface area contributed by atoms with Crippen molar-refractivity contribution < 1.29 is 4.79 Å². The van der Waals surface area contributed by atoms with Crippen molar-refractivity contribution >= 4 is 27.5 Å². The van der Waals surface area contributed by atoms with E-state index < -0.39 is 0 Å². The van der Waals surface area contributed by atoms with E-state index in [1.807, 2.05) is 12.1 Å². The molecule has 0 saturated carbocycles. The number of nitrogen functional groups attached to an aromatic ring is 1. The van der Waals surface area contributed by atoms with E-state index in [4.69, 9.17) is 5.73 Å². The number of amides is 1. The average molecular weight is 333 g/mol. The lowest BCUT2D eigenvalue weighted by atomic mass is 10.1. The van der Waals surface area contributed by atoms with E-state index >= 15 is 0 Å². The number of benzene rings is 2. The number of halogens is 1. The van der Waals surface area contributed by atoms with Crippen LogP contribution >= 0.6 is 15.9 Å². The zero-order valence-electron chi connectivity index (χ0n) is 11.3. The van der Waals surface area contributed by atoms with E-state index in [1.165, 1.54) is 5.56 Å². The Bertz CT molecular complexity index is 608. The molecule has 0 spiro atoms. The van der Waals surface area contributed by atoms with Crippen LogP contribution in [0.25, 0.3) is 0 Å². The number of nitrogens with one attached hydrogen (secondary N) is 1. The molecule has 0 bridgehead atoms. The molecule has 0 aliphatic rings. The second-order valence-corrected chi connectivity index (χ2v) is 5.45. The largest absolute Gasteiger partial charge is 0.399 e. The molecule has 0 aliphatic heterocycles. The molecule has 2 rings (SSSR count). The number of hydrogen-bond acceptors (Lipinski definition) is 2. The van der Waals surface area contributed by atoms with Gasteiger partial charge in [-0.1, -0.05) is 31.2 Å². The Hall–Kier alpha value is -1.81. The highest BCUT2D eigenvalue weighted by Crippen LogP contribution is 2.19.